The second kappa shape index (κ2) is 8.69. The van der Waals surface area contributed by atoms with Crippen LogP contribution >= 0.6 is 0 Å². The van der Waals surface area contributed by atoms with Crippen molar-refractivity contribution in [2.75, 3.05) is 29.9 Å². The summed E-state index contributed by atoms with van der Waals surface area (Å²) in [7, 11) is 0. The molecule has 2 bridgehead atoms. The number of nitrogens with zero attached hydrogens (tertiary/aromatic N) is 3. The van der Waals surface area contributed by atoms with Crippen LogP contribution in [0.3, 0.4) is 0 Å². The number of anilines is 3. The van der Waals surface area contributed by atoms with Crippen LogP contribution in [0.1, 0.15) is 44.6 Å². The molecule has 1 aromatic carbocycles. The zero-order valence-corrected chi connectivity index (χ0v) is 19.3. The Bertz CT molecular complexity index is 1260. The molecule has 0 radical (unpaired) electrons. The van der Waals surface area contributed by atoms with Crippen LogP contribution in [-0.2, 0) is 0 Å². The Morgan fingerprint density at radius 3 is 2.71 bits per heavy atom. The van der Waals surface area contributed by atoms with Gasteiger partial charge in [-0.05, 0) is 80.2 Å². The van der Waals surface area contributed by atoms with Crippen LogP contribution in [0.25, 0.3) is 10.9 Å². The molecule has 2 saturated carbocycles. The van der Waals surface area contributed by atoms with Gasteiger partial charge in [0.25, 0.3) is 5.56 Å². The van der Waals surface area contributed by atoms with Crippen molar-refractivity contribution in [2.45, 2.75) is 44.6 Å². The van der Waals surface area contributed by atoms with E-state index in [1.807, 2.05) is 18.2 Å². The number of hydrogen-bond donors (Lipinski definition) is 2. The van der Waals surface area contributed by atoms with Gasteiger partial charge in [-0.1, -0.05) is 6.42 Å². The van der Waals surface area contributed by atoms with Gasteiger partial charge in [-0.15, -0.1) is 0 Å². The van der Waals surface area contributed by atoms with Crippen molar-refractivity contribution < 1.29 is 9.50 Å². The van der Waals surface area contributed by atoms with E-state index in [0.717, 1.165) is 62.1 Å². The summed E-state index contributed by atoms with van der Waals surface area (Å²) in [4.78, 5) is 19.7. The van der Waals surface area contributed by atoms with Gasteiger partial charge >= 0.3 is 0 Å². The highest BCUT2D eigenvalue weighted by Gasteiger charge is 2.41. The van der Waals surface area contributed by atoms with E-state index < -0.39 is 11.4 Å². The number of rotatable bonds is 5. The van der Waals surface area contributed by atoms with Gasteiger partial charge in [0.2, 0.25) is 0 Å². The molecule has 34 heavy (non-hydrogen) atoms. The number of pyridine rings is 2. The summed E-state index contributed by atoms with van der Waals surface area (Å²) < 4.78 is 16.2. The van der Waals surface area contributed by atoms with Crippen molar-refractivity contribution in [3.05, 3.63) is 58.8 Å². The first kappa shape index (κ1) is 21.6. The summed E-state index contributed by atoms with van der Waals surface area (Å²) in [5.74, 6) is 1.40. The minimum Gasteiger partial charge on any atom is -0.396 e. The number of benzene rings is 1. The Hall–Kier alpha value is -2.93. The molecular weight excluding hydrogens is 431 g/mol. The number of piperidine rings is 1. The Kier molecular flexibility index (Phi) is 5.52. The first-order valence-electron chi connectivity index (χ1n) is 12.5. The fourth-order valence-electron chi connectivity index (χ4n) is 6.47. The fraction of sp³-hybridized carbons (Fsp3) is 0.481. The van der Waals surface area contributed by atoms with E-state index in [1.54, 1.807) is 10.8 Å². The maximum Gasteiger partial charge on any atom is 0.287 e. The number of fused-ring (bicyclic) bond motifs is 3. The normalized spacial score (nSPS) is 26.4. The van der Waals surface area contributed by atoms with Gasteiger partial charge in [-0.2, -0.15) is 0 Å². The minimum absolute atomic E-state index is 0.0753. The molecule has 2 aromatic heterocycles. The Balaban J connectivity index is 1.27. The molecule has 4 atom stereocenters. The molecular formula is C27H31FN4O2. The summed E-state index contributed by atoms with van der Waals surface area (Å²) in [5, 5.41) is 13.5. The molecule has 2 N–H and O–H groups in total. The molecule has 6 nitrogen and oxygen atoms in total. The van der Waals surface area contributed by atoms with Crippen LogP contribution < -0.4 is 15.8 Å². The summed E-state index contributed by atoms with van der Waals surface area (Å²) in [6.45, 7) is 2.13. The van der Waals surface area contributed by atoms with E-state index in [9.17, 15) is 14.3 Å². The highest BCUT2D eigenvalue weighted by atomic mass is 19.1. The van der Waals surface area contributed by atoms with E-state index in [2.05, 4.69) is 27.3 Å². The number of nitrogens with one attached hydrogen (secondary N) is 1. The SMILES string of the molecule is O=c1c(F)cc2cnc(Nc3ccc(N4CCCC(CO)C4)cc3)cc2n1C1CC2CCC1C2. The maximum absolute atomic E-state index is 14.5. The topological polar surface area (TPSA) is 70.4 Å². The van der Waals surface area contributed by atoms with E-state index in [-0.39, 0.29) is 12.6 Å². The lowest BCUT2D eigenvalue weighted by atomic mass is 9.94. The van der Waals surface area contributed by atoms with Crippen LogP contribution in [0.5, 0.6) is 0 Å². The Labute approximate surface area is 198 Å². The number of halogens is 1. The Morgan fingerprint density at radius 2 is 1.97 bits per heavy atom. The number of hydrogen-bond acceptors (Lipinski definition) is 5. The van der Waals surface area contributed by atoms with Gasteiger partial charge in [0, 0.05) is 54.8 Å². The van der Waals surface area contributed by atoms with Crippen molar-refractivity contribution in [3.8, 4) is 0 Å². The predicted molar refractivity (Wildman–Crippen MR) is 132 cm³/mol. The lowest BCUT2D eigenvalue weighted by molar-refractivity contribution is 0.209. The molecule has 0 spiro atoms. The van der Waals surface area contributed by atoms with E-state index in [0.29, 0.717) is 29.0 Å². The molecule has 3 aromatic rings. The standard InChI is InChI=1S/C27H31FN4O2/c28-23-12-20-14-29-26(13-25(20)32(27(23)34)24-11-17-3-4-19(24)10-17)30-21-5-7-22(8-6-21)31-9-1-2-18(15-31)16-33/h5-8,12-14,17-19,24,33H,1-4,9-11,15-16H2,(H,29,30). The first-order chi connectivity index (χ1) is 16.6. The molecule has 2 aliphatic carbocycles. The van der Waals surface area contributed by atoms with Gasteiger partial charge in [-0.25, -0.2) is 9.37 Å². The third-order valence-electron chi connectivity index (χ3n) is 8.19. The summed E-state index contributed by atoms with van der Waals surface area (Å²) >= 11 is 0. The van der Waals surface area contributed by atoms with Crippen LogP contribution in [0.2, 0.25) is 0 Å². The third-order valence-corrected chi connectivity index (χ3v) is 8.19. The number of aliphatic hydroxyl groups is 1. The fourth-order valence-corrected chi connectivity index (χ4v) is 6.47. The molecule has 3 heterocycles. The van der Waals surface area contributed by atoms with Crippen LogP contribution in [0.4, 0.5) is 21.6 Å². The van der Waals surface area contributed by atoms with Gasteiger partial charge in [0.15, 0.2) is 5.82 Å². The summed E-state index contributed by atoms with van der Waals surface area (Å²) in [5.41, 5.74) is 2.29. The van der Waals surface area contributed by atoms with E-state index in [1.165, 1.54) is 12.5 Å². The van der Waals surface area contributed by atoms with Gasteiger partial charge < -0.3 is 19.9 Å². The molecule has 3 aliphatic rings. The predicted octanol–water partition coefficient (Wildman–Crippen LogP) is 4.85. The highest BCUT2D eigenvalue weighted by molar-refractivity contribution is 5.81. The summed E-state index contributed by atoms with van der Waals surface area (Å²) in [6, 6.07) is 11.5. The number of aromatic nitrogens is 2. The van der Waals surface area contributed by atoms with Crippen molar-refractivity contribution >= 4 is 28.1 Å². The van der Waals surface area contributed by atoms with Gasteiger partial charge in [0.05, 0.1) is 5.52 Å². The largest absolute Gasteiger partial charge is 0.396 e. The van der Waals surface area contributed by atoms with Crippen LogP contribution in [0, 0.1) is 23.6 Å². The molecule has 7 heteroatoms. The molecule has 3 fully saturated rings. The third kappa shape index (κ3) is 3.86. The average Bonchev–Trinajstić information content (AvgIpc) is 3.49. The molecule has 1 saturated heterocycles. The maximum atomic E-state index is 14.5. The molecule has 178 valence electrons. The monoisotopic (exact) mass is 462 g/mol. The van der Waals surface area contributed by atoms with E-state index in [4.69, 9.17) is 0 Å². The zero-order valence-electron chi connectivity index (χ0n) is 19.3. The summed E-state index contributed by atoms with van der Waals surface area (Å²) in [6.07, 6.45) is 8.29. The lowest BCUT2D eigenvalue weighted by Crippen LogP contribution is -2.36. The van der Waals surface area contributed by atoms with E-state index >= 15 is 0 Å². The highest BCUT2D eigenvalue weighted by Crippen LogP contribution is 2.50. The van der Waals surface area contributed by atoms with Crippen molar-refractivity contribution in [1.82, 2.24) is 9.55 Å². The van der Waals surface area contributed by atoms with Gasteiger partial charge in [-0.3, -0.25) is 4.79 Å². The average molecular weight is 463 g/mol. The second-order valence-electron chi connectivity index (χ2n) is 10.3. The first-order valence-corrected chi connectivity index (χ1v) is 12.5. The molecule has 1 aliphatic heterocycles. The van der Waals surface area contributed by atoms with Crippen LogP contribution in [0.15, 0.2) is 47.4 Å². The minimum atomic E-state index is -0.700. The zero-order chi connectivity index (χ0) is 23.2. The lowest BCUT2D eigenvalue weighted by Gasteiger charge is -2.33. The van der Waals surface area contributed by atoms with Crippen molar-refractivity contribution in [1.29, 1.82) is 0 Å². The Morgan fingerprint density at radius 1 is 1.12 bits per heavy atom. The second-order valence-corrected chi connectivity index (χ2v) is 10.3. The quantitative estimate of drug-likeness (QED) is 0.567. The molecule has 4 unspecified atom stereocenters. The molecule has 0 amide bonds. The van der Waals surface area contributed by atoms with Crippen LogP contribution in [-0.4, -0.2) is 34.4 Å². The smallest absolute Gasteiger partial charge is 0.287 e. The van der Waals surface area contributed by atoms with Gasteiger partial charge in [0.1, 0.15) is 5.82 Å². The molecule has 6 rings (SSSR count). The van der Waals surface area contributed by atoms with Crippen molar-refractivity contribution in [2.24, 2.45) is 17.8 Å². The van der Waals surface area contributed by atoms with Crippen molar-refractivity contribution in [3.63, 3.8) is 0 Å². The number of aliphatic hydroxyl groups excluding tert-OH is 1.